The van der Waals surface area contributed by atoms with Crippen LogP contribution >= 0.6 is 0 Å². The monoisotopic (exact) mass is 301 g/mol. The summed E-state index contributed by atoms with van der Waals surface area (Å²) in [7, 11) is 0. The fourth-order valence-corrected chi connectivity index (χ4v) is 2.73. The van der Waals surface area contributed by atoms with Crippen LogP contribution in [-0.4, -0.2) is 17.6 Å². The third-order valence-electron chi connectivity index (χ3n) is 3.87. The first-order valence-electron chi connectivity index (χ1n) is 7.06. The van der Waals surface area contributed by atoms with Crippen LogP contribution in [0.4, 0.5) is 18.9 Å². The molecule has 0 heterocycles. The lowest BCUT2D eigenvalue weighted by Gasteiger charge is -2.22. The fraction of sp³-hybridized carbons (Fsp3) is 0.533. The highest BCUT2D eigenvalue weighted by Gasteiger charge is 2.35. The van der Waals surface area contributed by atoms with Gasteiger partial charge in [-0.2, -0.15) is 13.2 Å². The minimum absolute atomic E-state index is 0.422. The van der Waals surface area contributed by atoms with Gasteiger partial charge in [-0.05, 0) is 37.0 Å². The molecule has 0 radical (unpaired) electrons. The SMILES string of the molecule is O=C(O)c1cc(NCC2CCCCC2)ccc1C(F)(F)F. The topological polar surface area (TPSA) is 49.3 Å². The van der Waals surface area contributed by atoms with Crippen molar-refractivity contribution in [2.45, 2.75) is 38.3 Å². The maximum atomic E-state index is 12.7. The van der Waals surface area contributed by atoms with Crippen LogP contribution in [0.1, 0.15) is 48.0 Å². The molecule has 0 atom stereocenters. The van der Waals surface area contributed by atoms with Crippen LogP contribution in [0.15, 0.2) is 18.2 Å². The van der Waals surface area contributed by atoms with Gasteiger partial charge in [-0.25, -0.2) is 4.79 Å². The van der Waals surface area contributed by atoms with Crippen molar-refractivity contribution in [3.05, 3.63) is 29.3 Å². The average molecular weight is 301 g/mol. The highest BCUT2D eigenvalue weighted by atomic mass is 19.4. The van der Waals surface area contributed by atoms with E-state index in [2.05, 4.69) is 5.32 Å². The number of alkyl halides is 3. The molecule has 116 valence electrons. The average Bonchev–Trinajstić information content (AvgIpc) is 2.45. The first-order chi connectivity index (χ1) is 9.88. The predicted molar refractivity (Wildman–Crippen MR) is 73.5 cm³/mol. The van der Waals surface area contributed by atoms with Gasteiger partial charge in [-0.15, -0.1) is 0 Å². The van der Waals surface area contributed by atoms with Gasteiger partial charge in [0.1, 0.15) is 0 Å². The van der Waals surface area contributed by atoms with E-state index in [1.165, 1.54) is 25.3 Å². The number of aromatic carboxylic acids is 1. The minimum Gasteiger partial charge on any atom is -0.478 e. The van der Waals surface area contributed by atoms with Gasteiger partial charge in [-0.1, -0.05) is 19.3 Å². The summed E-state index contributed by atoms with van der Waals surface area (Å²) in [4.78, 5) is 11.0. The predicted octanol–water partition coefficient (Wildman–Crippen LogP) is 4.40. The molecule has 1 aliphatic rings. The molecule has 3 nitrogen and oxygen atoms in total. The maximum absolute atomic E-state index is 12.7. The highest BCUT2D eigenvalue weighted by molar-refractivity contribution is 5.91. The zero-order valence-corrected chi connectivity index (χ0v) is 11.5. The van der Waals surface area contributed by atoms with Gasteiger partial charge in [0.15, 0.2) is 0 Å². The molecule has 1 aromatic rings. The molecule has 0 amide bonds. The van der Waals surface area contributed by atoms with Gasteiger partial charge in [0, 0.05) is 12.2 Å². The number of carboxylic acids is 1. The number of hydrogen-bond acceptors (Lipinski definition) is 2. The van der Waals surface area contributed by atoms with Gasteiger partial charge in [0.05, 0.1) is 11.1 Å². The molecule has 0 spiro atoms. The van der Waals surface area contributed by atoms with Crippen LogP contribution in [0.3, 0.4) is 0 Å². The third-order valence-corrected chi connectivity index (χ3v) is 3.87. The van der Waals surface area contributed by atoms with Crippen molar-refractivity contribution in [3.63, 3.8) is 0 Å². The zero-order chi connectivity index (χ0) is 15.5. The second kappa shape index (κ2) is 6.37. The Kier molecular flexibility index (Phi) is 4.75. The van der Waals surface area contributed by atoms with Gasteiger partial charge >= 0.3 is 12.1 Å². The molecule has 6 heteroatoms. The lowest BCUT2D eigenvalue weighted by atomic mass is 9.89. The molecule has 1 aromatic carbocycles. The lowest BCUT2D eigenvalue weighted by molar-refractivity contribution is -0.138. The van der Waals surface area contributed by atoms with Crippen molar-refractivity contribution in [2.75, 3.05) is 11.9 Å². The van der Waals surface area contributed by atoms with Crippen LogP contribution in [0, 0.1) is 5.92 Å². The van der Waals surface area contributed by atoms with Crippen LogP contribution in [-0.2, 0) is 6.18 Å². The molecule has 0 saturated heterocycles. The Morgan fingerprint density at radius 1 is 1.24 bits per heavy atom. The van der Waals surface area contributed by atoms with Gasteiger partial charge in [0.25, 0.3) is 0 Å². The first-order valence-corrected chi connectivity index (χ1v) is 7.06. The largest absolute Gasteiger partial charge is 0.478 e. The van der Waals surface area contributed by atoms with Crippen molar-refractivity contribution >= 4 is 11.7 Å². The van der Waals surface area contributed by atoms with Crippen LogP contribution in [0.2, 0.25) is 0 Å². The number of halogens is 3. The van der Waals surface area contributed by atoms with Gasteiger partial charge in [-0.3, -0.25) is 0 Å². The molecule has 1 fully saturated rings. The molecule has 0 aliphatic heterocycles. The maximum Gasteiger partial charge on any atom is 0.417 e. The Labute approximate surface area is 121 Å². The van der Waals surface area contributed by atoms with Crippen molar-refractivity contribution in [1.29, 1.82) is 0 Å². The van der Waals surface area contributed by atoms with Crippen LogP contribution in [0.5, 0.6) is 0 Å². The van der Waals surface area contributed by atoms with E-state index in [1.54, 1.807) is 0 Å². The van der Waals surface area contributed by atoms with E-state index in [-0.39, 0.29) is 0 Å². The van der Waals surface area contributed by atoms with Crippen molar-refractivity contribution in [3.8, 4) is 0 Å². The van der Waals surface area contributed by atoms with Crippen LogP contribution in [0.25, 0.3) is 0 Å². The second-order valence-electron chi connectivity index (χ2n) is 5.45. The van der Waals surface area contributed by atoms with Crippen molar-refractivity contribution in [1.82, 2.24) is 0 Å². The number of nitrogens with one attached hydrogen (secondary N) is 1. The van der Waals surface area contributed by atoms with Gasteiger partial charge < -0.3 is 10.4 Å². The quantitative estimate of drug-likeness (QED) is 0.866. The van der Waals surface area contributed by atoms with E-state index >= 15 is 0 Å². The third kappa shape index (κ3) is 4.12. The second-order valence-corrected chi connectivity index (χ2v) is 5.45. The van der Waals surface area contributed by atoms with E-state index in [9.17, 15) is 18.0 Å². The molecule has 0 bridgehead atoms. The summed E-state index contributed by atoms with van der Waals surface area (Å²) in [6, 6.07) is 3.18. The summed E-state index contributed by atoms with van der Waals surface area (Å²) in [5.74, 6) is -1.06. The summed E-state index contributed by atoms with van der Waals surface area (Å²) in [5.41, 5.74) is -1.40. The molecule has 0 unspecified atom stereocenters. The Morgan fingerprint density at radius 2 is 1.90 bits per heavy atom. The number of carboxylic acid groups (broad SMARTS) is 1. The van der Waals surface area contributed by atoms with E-state index in [1.807, 2.05) is 0 Å². The Balaban J connectivity index is 2.10. The van der Waals surface area contributed by atoms with E-state index in [0.29, 0.717) is 18.2 Å². The van der Waals surface area contributed by atoms with Gasteiger partial charge in [0.2, 0.25) is 0 Å². The molecule has 1 aliphatic carbocycles. The Morgan fingerprint density at radius 3 is 2.48 bits per heavy atom. The summed E-state index contributed by atoms with van der Waals surface area (Å²) in [6.45, 7) is 0.671. The standard InChI is InChI=1S/C15H18F3NO2/c16-15(17,18)13-7-6-11(8-12(13)14(20)21)19-9-10-4-2-1-3-5-10/h6-8,10,19H,1-5,9H2,(H,20,21). The smallest absolute Gasteiger partial charge is 0.417 e. The molecule has 1 saturated carbocycles. The Bertz CT molecular complexity index is 508. The zero-order valence-electron chi connectivity index (χ0n) is 11.5. The molecule has 0 aromatic heterocycles. The summed E-state index contributed by atoms with van der Waals surface area (Å²) in [5, 5.41) is 12.0. The fourth-order valence-electron chi connectivity index (χ4n) is 2.73. The number of rotatable bonds is 4. The summed E-state index contributed by atoms with van der Waals surface area (Å²) >= 11 is 0. The normalized spacial score (nSPS) is 16.7. The Hall–Kier alpha value is -1.72. The van der Waals surface area contributed by atoms with E-state index in [0.717, 1.165) is 25.0 Å². The molecule has 2 N–H and O–H groups in total. The highest BCUT2D eigenvalue weighted by Crippen LogP contribution is 2.33. The summed E-state index contributed by atoms with van der Waals surface area (Å²) in [6.07, 6.45) is 1.16. The van der Waals surface area contributed by atoms with E-state index < -0.39 is 23.3 Å². The first kappa shape index (κ1) is 15.7. The molecule has 21 heavy (non-hydrogen) atoms. The molecular weight excluding hydrogens is 283 g/mol. The minimum atomic E-state index is -4.66. The summed E-state index contributed by atoms with van der Waals surface area (Å²) < 4.78 is 38.2. The number of anilines is 1. The van der Waals surface area contributed by atoms with E-state index in [4.69, 9.17) is 5.11 Å². The van der Waals surface area contributed by atoms with Crippen molar-refractivity contribution in [2.24, 2.45) is 5.92 Å². The molecule has 2 rings (SSSR count). The van der Waals surface area contributed by atoms with Crippen LogP contribution < -0.4 is 5.32 Å². The lowest BCUT2D eigenvalue weighted by Crippen LogP contribution is -2.18. The van der Waals surface area contributed by atoms with Crippen molar-refractivity contribution < 1.29 is 23.1 Å². The molecular formula is C15H18F3NO2. The number of hydrogen-bond donors (Lipinski definition) is 2. The number of benzene rings is 1. The number of carbonyl (C=O) groups is 1.